The summed E-state index contributed by atoms with van der Waals surface area (Å²) < 4.78 is 11.6. The quantitative estimate of drug-likeness (QED) is 0.378. The van der Waals surface area contributed by atoms with Crippen LogP contribution >= 0.6 is 0 Å². The Balaban J connectivity index is 1.60. The standard InChI is InChI=1S/C27H25N3O2/c1-17-5-7-19(3)22(11-17)16-32-25-10-8-20(14-26(25)31-4)13-21(15-28)27-29-23-9-6-18(2)12-24(23)30-27/h5-14H,16H2,1-4H3,(H,29,30)/b21-13-. The number of imidazole rings is 1. The normalized spacial score (nSPS) is 11.4. The molecule has 0 bridgehead atoms. The van der Waals surface area contributed by atoms with Gasteiger partial charge in [-0.15, -0.1) is 0 Å². The van der Waals surface area contributed by atoms with Gasteiger partial charge in [0.05, 0.1) is 23.7 Å². The van der Waals surface area contributed by atoms with E-state index in [0.29, 0.717) is 29.5 Å². The fourth-order valence-corrected chi connectivity index (χ4v) is 3.58. The first-order chi connectivity index (χ1) is 15.5. The molecule has 160 valence electrons. The average Bonchev–Trinajstić information content (AvgIpc) is 3.21. The maximum atomic E-state index is 9.73. The number of fused-ring (bicyclic) bond motifs is 1. The van der Waals surface area contributed by atoms with E-state index in [1.807, 2.05) is 43.3 Å². The largest absolute Gasteiger partial charge is 0.493 e. The maximum Gasteiger partial charge on any atom is 0.161 e. The molecule has 4 rings (SSSR count). The molecular weight excluding hydrogens is 398 g/mol. The number of methoxy groups -OCH3 is 1. The second kappa shape index (κ2) is 8.99. The first-order valence-electron chi connectivity index (χ1n) is 10.4. The molecule has 5 heteroatoms. The van der Waals surface area contributed by atoms with E-state index in [9.17, 15) is 5.26 Å². The lowest BCUT2D eigenvalue weighted by Gasteiger charge is -2.13. The fourth-order valence-electron chi connectivity index (χ4n) is 3.58. The van der Waals surface area contributed by atoms with Crippen LogP contribution in [0.1, 0.15) is 33.6 Å². The lowest BCUT2D eigenvalue weighted by molar-refractivity contribution is 0.284. The van der Waals surface area contributed by atoms with Crippen molar-refractivity contribution < 1.29 is 9.47 Å². The fraction of sp³-hybridized carbons (Fsp3) is 0.185. The number of hydrogen-bond acceptors (Lipinski definition) is 4. The molecule has 0 fully saturated rings. The number of nitriles is 1. The number of aromatic amines is 1. The summed E-state index contributed by atoms with van der Waals surface area (Å²) in [6.07, 6.45) is 1.79. The minimum Gasteiger partial charge on any atom is -0.493 e. The van der Waals surface area contributed by atoms with Crippen LogP contribution in [0.5, 0.6) is 11.5 Å². The Bertz CT molecular complexity index is 1360. The van der Waals surface area contributed by atoms with E-state index in [2.05, 4.69) is 48.1 Å². The van der Waals surface area contributed by atoms with Gasteiger partial charge in [0.1, 0.15) is 18.5 Å². The second-order valence-corrected chi connectivity index (χ2v) is 7.90. The van der Waals surface area contributed by atoms with E-state index in [0.717, 1.165) is 27.7 Å². The van der Waals surface area contributed by atoms with Gasteiger partial charge in [0.15, 0.2) is 11.5 Å². The number of aromatic nitrogens is 2. The van der Waals surface area contributed by atoms with Gasteiger partial charge in [0.25, 0.3) is 0 Å². The molecule has 1 heterocycles. The molecule has 0 aliphatic heterocycles. The number of nitrogens with one attached hydrogen (secondary N) is 1. The Hall–Kier alpha value is -4.04. The van der Waals surface area contributed by atoms with Gasteiger partial charge in [-0.1, -0.05) is 35.9 Å². The van der Waals surface area contributed by atoms with Crippen LogP contribution < -0.4 is 9.47 Å². The maximum absolute atomic E-state index is 9.73. The zero-order valence-electron chi connectivity index (χ0n) is 18.7. The molecule has 4 aromatic rings. The van der Waals surface area contributed by atoms with Gasteiger partial charge < -0.3 is 14.5 Å². The molecule has 1 aromatic heterocycles. The molecule has 1 N–H and O–H groups in total. The van der Waals surface area contributed by atoms with Crippen molar-refractivity contribution in [2.24, 2.45) is 0 Å². The van der Waals surface area contributed by atoms with Gasteiger partial charge in [-0.2, -0.15) is 5.26 Å². The predicted molar refractivity (Wildman–Crippen MR) is 128 cm³/mol. The van der Waals surface area contributed by atoms with Crippen LogP contribution in [-0.2, 0) is 6.61 Å². The van der Waals surface area contributed by atoms with Crippen molar-refractivity contribution in [1.82, 2.24) is 9.97 Å². The van der Waals surface area contributed by atoms with Crippen LogP contribution in [0.3, 0.4) is 0 Å². The molecular formula is C27H25N3O2. The molecule has 0 radical (unpaired) electrons. The van der Waals surface area contributed by atoms with Crippen LogP contribution in [0.25, 0.3) is 22.7 Å². The minimum atomic E-state index is 0.449. The average molecular weight is 424 g/mol. The number of aryl methyl sites for hydroxylation is 3. The first kappa shape index (κ1) is 21.2. The third-order valence-corrected chi connectivity index (χ3v) is 5.40. The summed E-state index contributed by atoms with van der Waals surface area (Å²) in [5.41, 5.74) is 7.69. The van der Waals surface area contributed by atoms with Crippen LogP contribution in [0.2, 0.25) is 0 Å². The molecule has 32 heavy (non-hydrogen) atoms. The van der Waals surface area contributed by atoms with E-state index in [1.54, 1.807) is 13.2 Å². The van der Waals surface area contributed by atoms with E-state index >= 15 is 0 Å². The lowest BCUT2D eigenvalue weighted by Crippen LogP contribution is -2.00. The Morgan fingerprint density at radius 2 is 1.78 bits per heavy atom. The smallest absolute Gasteiger partial charge is 0.161 e. The highest BCUT2D eigenvalue weighted by Crippen LogP contribution is 2.31. The van der Waals surface area contributed by atoms with Gasteiger partial charge in [-0.3, -0.25) is 0 Å². The zero-order chi connectivity index (χ0) is 22.7. The number of rotatable bonds is 6. The van der Waals surface area contributed by atoms with Crippen molar-refractivity contribution in [1.29, 1.82) is 5.26 Å². The molecule has 3 aromatic carbocycles. The molecule has 0 aliphatic rings. The summed E-state index contributed by atoms with van der Waals surface area (Å²) >= 11 is 0. The summed E-state index contributed by atoms with van der Waals surface area (Å²) in [7, 11) is 1.61. The number of allylic oxidation sites excluding steroid dienone is 1. The van der Waals surface area contributed by atoms with Crippen molar-refractivity contribution in [3.8, 4) is 17.6 Å². The molecule has 0 amide bonds. The van der Waals surface area contributed by atoms with E-state index in [-0.39, 0.29) is 0 Å². The molecule has 0 saturated carbocycles. The summed E-state index contributed by atoms with van der Waals surface area (Å²) in [5.74, 6) is 1.81. The second-order valence-electron chi connectivity index (χ2n) is 7.90. The summed E-state index contributed by atoms with van der Waals surface area (Å²) in [6, 6.07) is 20.2. The summed E-state index contributed by atoms with van der Waals surface area (Å²) in [4.78, 5) is 7.80. The number of nitrogens with zero attached hydrogens (tertiary/aromatic N) is 2. The van der Waals surface area contributed by atoms with E-state index < -0.39 is 0 Å². The Morgan fingerprint density at radius 3 is 2.56 bits per heavy atom. The van der Waals surface area contributed by atoms with Crippen molar-refractivity contribution in [3.63, 3.8) is 0 Å². The Morgan fingerprint density at radius 1 is 1.00 bits per heavy atom. The van der Waals surface area contributed by atoms with E-state index in [4.69, 9.17) is 9.47 Å². The molecule has 0 atom stereocenters. The number of H-pyrrole nitrogens is 1. The first-order valence-corrected chi connectivity index (χ1v) is 10.4. The Kier molecular flexibility index (Phi) is 5.96. The number of hydrogen-bond donors (Lipinski definition) is 1. The molecule has 5 nitrogen and oxygen atoms in total. The zero-order valence-corrected chi connectivity index (χ0v) is 18.7. The van der Waals surface area contributed by atoms with Gasteiger partial charge in [0, 0.05) is 0 Å². The molecule has 0 aliphatic carbocycles. The third kappa shape index (κ3) is 4.50. The van der Waals surface area contributed by atoms with Crippen LogP contribution in [0.4, 0.5) is 0 Å². The predicted octanol–water partition coefficient (Wildman–Crippen LogP) is 6.14. The molecule has 0 spiro atoms. The van der Waals surface area contributed by atoms with Gasteiger partial charge >= 0.3 is 0 Å². The lowest BCUT2D eigenvalue weighted by atomic mass is 10.1. The monoisotopic (exact) mass is 423 g/mol. The van der Waals surface area contributed by atoms with Crippen LogP contribution in [0.15, 0.2) is 54.6 Å². The van der Waals surface area contributed by atoms with Gasteiger partial charge in [-0.25, -0.2) is 4.98 Å². The summed E-state index contributed by atoms with van der Waals surface area (Å²) in [6.45, 7) is 6.63. The Labute approximate surface area is 188 Å². The summed E-state index contributed by atoms with van der Waals surface area (Å²) in [5, 5.41) is 9.73. The SMILES string of the molecule is COc1cc(/C=C(/C#N)c2nc3ccc(C)cc3[nH]2)ccc1OCc1cc(C)ccc1C. The van der Waals surface area contributed by atoms with Gasteiger partial charge in [-0.05, 0) is 73.4 Å². The topological polar surface area (TPSA) is 70.9 Å². The molecule has 0 saturated heterocycles. The van der Waals surface area contributed by atoms with Crippen molar-refractivity contribution >= 4 is 22.7 Å². The number of ether oxygens (including phenoxy) is 2. The number of benzene rings is 3. The van der Waals surface area contributed by atoms with Crippen molar-refractivity contribution in [3.05, 3.63) is 88.2 Å². The highest BCUT2D eigenvalue weighted by atomic mass is 16.5. The van der Waals surface area contributed by atoms with Crippen LogP contribution in [0, 0.1) is 32.1 Å². The van der Waals surface area contributed by atoms with Crippen molar-refractivity contribution in [2.75, 3.05) is 7.11 Å². The van der Waals surface area contributed by atoms with Crippen molar-refractivity contribution in [2.45, 2.75) is 27.4 Å². The highest BCUT2D eigenvalue weighted by Gasteiger charge is 2.11. The highest BCUT2D eigenvalue weighted by molar-refractivity contribution is 5.90. The molecule has 0 unspecified atom stereocenters. The van der Waals surface area contributed by atoms with Crippen LogP contribution in [-0.4, -0.2) is 17.1 Å². The van der Waals surface area contributed by atoms with Gasteiger partial charge in [0.2, 0.25) is 0 Å². The third-order valence-electron chi connectivity index (χ3n) is 5.40. The van der Waals surface area contributed by atoms with E-state index in [1.165, 1.54) is 11.1 Å². The minimum absolute atomic E-state index is 0.449.